The molecule has 2 aromatic rings. The van der Waals surface area contributed by atoms with Gasteiger partial charge in [0.1, 0.15) is 0 Å². The van der Waals surface area contributed by atoms with Gasteiger partial charge in [-0.15, -0.1) is 0 Å². The molecule has 0 saturated heterocycles. The Balaban J connectivity index is 2.35. The van der Waals surface area contributed by atoms with E-state index in [2.05, 4.69) is 77.6 Å². The molecule has 0 spiro atoms. The molecule has 1 nitrogen and oxygen atoms in total. The molecule has 2 aromatic carbocycles. The molecule has 0 saturated carbocycles. The Morgan fingerprint density at radius 2 is 1.95 bits per heavy atom. The van der Waals surface area contributed by atoms with Crippen LogP contribution in [0.25, 0.3) is 0 Å². The van der Waals surface area contributed by atoms with Crippen LogP contribution in [0.3, 0.4) is 0 Å². The SMILES string of the molecule is CNC(C)c1ccc(Br)cc1Sc1cccc(C)c1. The lowest BCUT2D eigenvalue weighted by Crippen LogP contribution is -2.13. The Hall–Kier alpha value is -0.770. The summed E-state index contributed by atoms with van der Waals surface area (Å²) in [6.45, 7) is 4.31. The average Bonchev–Trinajstić information content (AvgIpc) is 2.38. The molecule has 19 heavy (non-hydrogen) atoms. The molecule has 3 heteroatoms. The number of nitrogens with one attached hydrogen (secondary N) is 1. The number of halogens is 1. The molecule has 0 bridgehead atoms. The average molecular weight is 336 g/mol. The van der Waals surface area contributed by atoms with Crippen molar-refractivity contribution in [2.75, 3.05) is 7.05 Å². The highest BCUT2D eigenvalue weighted by atomic mass is 79.9. The van der Waals surface area contributed by atoms with Gasteiger partial charge in [0.15, 0.2) is 0 Å². The van der Waals surface area contributed by atoms with Crippen LogP contribution in [0.15, 0.2) is 56.7 Å². The van der Waals surface area contributed by atoms with E-state index in [-0.39, 0.29) is 0 Å². The molecule has 0 aliphatic heterocycles. The van der Waals surface area contributed by atoms with Crippen LogP contribution in [-0.4, -0.2) is 7.05 Å². The third kappa shape index (κ3) is 3.85. The second-order valence-corrected chi connectivity index (χ2v) is 6.64. The summed E-state index contributed by atoms with van der Waals surface area (Å²) in [5.74, 6) is 0. The van der Waals surface area contributed by atoms with Crippen molar-refractivity contribution in [2.24, 2.45) is 0 Å². The summed E-state index contributed by atoms with van der Waals surface area (Å²) in [5.41, 5.74) is 2.63. The van der Waals surface area contributed by atoms with E-state index in [1.807, 2.05) is 18.8 Å². The van der Waals surface area contributed by atoms with E-state index < -0.39 is 0 Å². The monoisotopic (exact) mass is 335 g/mol. The summed E-state index contributed by atoms with van der Waals surface area (Å²) in [4.78, 5) is 2.57. The van der Waals surface area contributed by atoms with Gasteiger partial charge in [0.2, 0.25) is 0 Å². The molecule has 0 aliphatic rings. The summed E-state index contributed by atoms with van der Waals surface area (Å²) >= 11 is 5.38. The first-order chi connectivity index (χ1) is 9.10. The first-order valence-corrected chi connectivity index (χ1v) is 7.92. The summed E-state index contributed by atoms with van der Waals surface area (Å²) < 4.78 is 1.12. The van der Waals surface area contributed by atoms with Crippen LogP contribution in [-0.2, 0) is 0 Å². The van der Waals surface area contributed by atoms with Gasteiger partial charge in [-0.3, -0.25) is 0 Å². The number of hydrogen-bond donors (Lipinski definition) is 1. The predicted molar refractivity (Wildman–Crippen MR) is 86.9 cm³/mol. The van der Waals surface area contributed by atoms with E-state index in [9.17, 15) is 0 Å². The van der Waals surface area contributed by atoms with Crippen molar-refractivity contribution in [3.05, 3.63) is 58.1 Å². The molecule has 0 heterocycles. The van der Waals surface area contributed by atoms with Crippen LogP contribution in [0.4, 0.5) is 0 Å². The summed E-state index contributed by atoms with van der Waals surface area (Å²) in [5, 5.41) is 3.31. The van der Waals surface area contributed by atoms with Gasteiger partial charge in [-0.1, -0.05) is 51.5 Å². The van der Waals surface area contributed by atoms with Crippen LogP contribution < -0.4 is 5.32 Å². The highest BCUT2D eigenvalue weighted by Gasteiger charge is 2.10. The molecule has 100 valence electrons. The molecule has 0 fully saturated rings. The van der Waals surface area contributed by atoms with Crippen molar-refractivity contribution in [1.29, 1.82) is 0 Å². The number of benzene rings is 2. The first kappa shape index (κ1) is 14.6. The van der Waals surface area contributed by atoms with E-state index in [0.717, 1.165) is 4.47 Å². The molecular weight excluding hydrogens is 318 g/mol. The van der Waals surface area contributed by atoms with Gasteiger partial charge in [-0.2, -0.15) is 0 Å². The summed E-state index contributed by atoms with van der Waals surface area (Å²) in [7, 11) is 1.99. The van der Waals surface area contributed by atoms with E-state index in [0.29, 0.717) is 6.04 Å². The summed E-state index contributed by atoms with van der Waals surface area (Å²) in [6.07, 6.45) is 0. The van der Waals surface area contributed by atoms with Gasteiger partial charge in [0.25, 0.3) is 0 Å². The quantitative estimate of drug-likeness (QED) is 0.825. The molecular formula is C16H18BrNS. The molecule has 0 aliphatic carbocycles. The fraction of sp³-hybridized carbons (Fsp3) is 0.250. The lowest BCUT2D eigenvalue weighted by atomic mass is 10.1. The van der Waals surface area contributed by atoms with Crippen molar-refractivity contribution in [3.63, 3.8) is 0 Å². The van der Waals surface area contributed by atoms with Crippen molar-refractivity contribution >= 4 is 27.7 Å². The zero-order valence-electron chi connectivity index (χ0n) is 11.4. The predicted octanol–water partition coefficient (Wildman–Crippen LogP) is 5.19. The largest absolute Gasteiger partial charge is 0.313 e. The lowest BCUT2D eigenvalue weighted by Gasteiger charge is -2.16. The van der Waals surface area contributed by atoms with E-state index in [4.69, 9.17) is 0 Å². The Morgan fingerprint density at radius 3 is 2.63 bits per heavy atom. The number of rotatable bonds is 4. The highest BCUT2D eigenvalue weighted by Crippen LogP contribution is 2.35. The number of hydrogen-bond acceptors (Lipinski definition) is 2. The van der Waals surface area contributed by atoms with Gasteiger partial charge >= 0.3 is 0 Å². The third-order valence-corrected chi connectivity index (χ3v) is 4.65. The van der Waals surface area contributed by atoms with Crippen LogP contribution in [0.2, 0.25) is 0 Å². The van der Waals surface area contributed by atoms with Crippen LogP contribution in [0.5, 0.6) is 0 Å². The first-order valence-electron chi connectivity index (χ1n) is 6.31. The second kappa shape index (κ2) is 6.60. The van der Waals surface area contributed by atoms with Crippen molar-refractivity contribution in [1.82, 2.24) is 5.32 Å². The molecule has 0 radical (unpaired) electrons. The maximum Gasteiger partial charge on any atom is 0.0300 e. The van der Waals surface area contributed by atoms with Crippen LogP contribution >= 0.6 is 27.7 Å². The fourth-order valence-electron chi connectivity index (χ4n) is 1.92. The molecule has 1 atom stereocenters. The van der Waals surface area contributed by atoms with E-state index in [1.165, 1.54) is 20.9 Å². The highest BCUT2D eigenvalue weighted by molar-refractivity contribution is 9.10. The lowest BCUT2D eigenvalue weighted by molar-refractivity contribution is 0.641. The van der Waals surface area contributed by atoms with Gasteiger partial charge in [-0.25, -0.2) is 0 Å². The maximum atomic E-state index is 3.56. The molecule has 0 aromatic heterocycles. The van der Waals surface area contributed by atoms with Gasteiger partial charge < -0.3 is 5.32 Å². The molecule has 2 rings (SSSR count). The van der Waals surface area contributed by atoms with Crippen molar-refractivity contribution in [2.45, 2.75) is 29.7 Å². The van der Waals surface area contributed by atoms with Gasteiger partial charge in [0, 0.05) is 20.3 Å². The van der Waals surface area contributed by atoms with Gasteiger partial charge in [-0.05, 0) is 50.7 Å². The van der Waals surface area contributed by atoms with Gasteiger partial charge in [0.05, 0.1) is 0 Å². The van der Waals surface area contributed by atoms with Crippen LogP contribution in [0.1, 0.15) is 24.1 Å². The smallest absolute Gasteiger partial charge is 0.0300 e. The van der Waals surface area contributed by atoms with Crippen molar-refractivity contribution < 1.29 is 0 Å². The van der Waals surface area contributed by atoms with E-state index >= 15 is 0 Å². The minimum Gasteiger partial charge on any atom is -0.313 e. The Kier molecular flexibility index (Phi) is 5.08. The zero-order valence-corrected chi connectivity index (χ0v) is 13.8. The molecule has 1 unspecified atom stereocenters. The maximum absolute atomic E-state index is 3.56. The minimum atomic E-state index is 0.348. The topological polar surface area (TPSA) is 12.0 Å². The molecule has 1 N–H and O–H groups in total. The Labute approximate surface area is 127 Å². The Bertz CT molecular complexity index is 568. The Morgan fingerprint density at radius 1 is 1.16 bits per heavy atom. The molecule has 0 amide bonds. The van der Waals surface area contributed by atoms with Crippen LogP contribution in [0, 0.1) is 6.92 Å². The second-order valence-electron chi connectivity index (χ2n) is 4.61. The standard InChI is InChI=1S/C16H18BrNS/c1-11-5-4-6-14(9-11)19-16-10-13(17)7-8-15(16)12(2)18-3/h4-10,12,18H,1-3H3. The number of aryl methyl sites for hydroxylation is 1. The fourth-order valence-corrected chi connectivity index (χ4v) is 3.62. The minimum absolute atomic E-state index is 0.348. The van der Waals surface area contributed by atoms with E-state index in [1.54, 1.807) is 0 Å². The zero-order chi connectivity index (χ0) is 13.8. The normalized spacial score (nSPS) is 12.4. The third-order valence-electron chi connectivity index (χ3n) is 3.09. The van der Waals surface area contributed by atoms with Crippen molar-refractivity contribution in [3.8, 4) is 0 Å². The summed E-state index contributed by atoms with van der Waals surface area (Å²) in [6, 6.07) is 15.4.